The summed E-state index contributed by atoms with van der Waals surface area (Å²) < 4.78 is 12.5. The Bertz CT molecular complexity index is 1040. The quantitative estimate of drug-likeness (QED) is 0.433. The molecule has 1 aliphatic rings. The van der Waals surface area contributed by atoms with E-state index in [9.17, 15) is 0 Å². The summed E-state index contributed by atoms with van der Waals surface area (Å²) >= 11 is 12.1. The molecule has 0 bridgehead atoms. The van der Waals surface area contributed by atoms with Crippen LogP contribution in [0.5, 0.6) is 11.5 Å². The molecule has 1 aliphatic heterocycles. The van der Waals surface area contributed by atoms with E-state index in [0.29, 0.717) is 28.2 Å². The highest BCUT2D eigenvalue weighted by molar-refractivity contribution is 6.42. The number of hydrogen-bond donors (Lipinski definition) is 1. The summed E-state index contributed by atoms with van der Waals surface area (Å²) in [6.07, 6.45) is 1.43. The van der Waals surface area contributed by atoms with Crippen LogP contribution in [0, 0.1) is 0 Å². The summed E-state index contributed by atoms with van der Waals surface area (Å²) in [5.74, 6) is 2.39. The van der Waals surface area contributed by atoms with Crippen LogP contribution in [0.15, 0.2) is 77.8 Å². The molecular weight excluding hydrogens is 431 g/mol. The highest BCUT2D eigenvalue weighted by atomic mass is 35.5. The Hall–Kier alpha value is -2.69. The zero-order valence-electron chi connectivity index (χ0n) is 17.1. The SMILES string of the molecule is Clc1ccc(COc2ccccc2OC(CC2=NCCN2)Cc2ccccc2)cc1Cl. The first kappa shape index (κ1) is 21.5. The Morgan fingerprint density at radius 1 is 0.839 bits per heavy atom. The lowest BCUT2D eigenvalue weighted by molar-refractivity contribution is 0.192. The van der Waals surface area contributed by atoms with Gasteiger partial charge in [0, 0.05) is 19.4 Å². The molecular formula is C25H24Cl2N2O2. The van der Waals surface area contributed by atoms with E-state index in [4.69, 9.17) is 32.7 Å². The Morgan fingerprint density at radius 3 is 2.35 bits per heavy atom. The minimum absolute atomic E-state index is 0.0681. The molecule has 3 aromatic carbocycles. The van der Waals surface area contributed by atoms with Gasteiger partial charge in [0.15, 0.2) is 11.5 Å². The molecule has 0 amide bonds. The van der Waals surface area contributed by atoms with E-state index in [1.807, 2.05) is 54.6 Å². The van der Waals surface area contributed by atoms with Crippen molar-refractivity contribution >= 4 is 29.0 Å². The third kappa shape index (κ3) is 6.16. The van der Waals surface area contributed by atoms with Gasteiger partial charge in [0.1, 0.15) is 18.5 Å². The molecule has 4 rings (SSSR count). The van der Waals surface area contributed by atoms with Gasteiger partial charge in [-0.05, 0) is 35.4 Å². The van der Waals surface area contributed by atoms with Crippen LogP contribution in [0.4, 0.5) is 0 Å². The molecule has 1 unspecified atom stereocenters. The second-order valence-electron chi connectivity index (χ2n) is 7.37. The molecule has 160 valence electrons. The van der Waals surface area contributed by atoms with Crippen molar-refractivity contribution in [2.45, 2.75) is 25.6 Å². The number of benzene rings is 3. The van der Waals surface area contributed by atoms with Crippen LogP contribution in [0.25, 0.3) is 0 Å². The van der Waals surface area contributed by atoms with E-state index in [1.165, 1.54) is 5.56 Å². The van der Waals surface area contributed by atoms with Crippen molar-refractivity contribution in [3.63, 3.8) is 0 Å². The first-order valence-corrected chi connectivity index (χ1v) is 11.1. The van der Waals surface area contributed by atoms with Gasteiger partial charge in [0.05, 0.1) is 16.6 Å². The fourth-order valence-electron chi connectivity index (χ4n) is 3.47. The topological polar surface area (TPSA) is 42.9 Å². The van der Waals surface area contributed by atoms with Crippen LogP contribution >= 0.6 is 23.2 Å². The smallest absolute Gasteiger partial charge is 0.161 e. The first-order valence-electron chi connectivity index (χ1n) is 10.3. The second-order valence-corrected chi connectivity index (χ2v) is 8.19. The van der Waals surface area contributed by atoms with Crippen LogP contribution in [0.1, 0.15) is 17.5 Å². The van der Waals surface area contributed by atoms with Crippen LogP contribution < -0.4 is 14.8 Å². The van der Waals surface area contributed by atoms with Crippen molar-refractivity contribution in [1.29, 1.82) is 0 Å². The van der Waals surface area contributed by atoms with Crippen molar-refractivity contribution in [3.05, 3.63) is 94.0 Å². The van der Waals surface area contributed by atoms with Crippen molar-refractivity contribution < 1.29 is 9.47 Å². The fourth-order valence-corrected chi connectivity index (χ4v) is 3.79. The lowest BCUT2D eigenvalue weighted by atomic mass is 10.0. The molecule has 1 atom stereocenters. The van der Waals surface area contributed by atoms with Crippen molar-refractivity contribution in [2.75, 3.05) is 13.1 Å². The molecule has 1 heterocycles. The molecule has 0 fully saturated rings. The maximum Gasteiger partial charge on any atom is 0.161 e. The zero-order chi connectivity index (χ0) is 21.5. The first-order chi connectivity index (χ1) is 15.2. The highest BCUT2D eigenvalue weighted by Crippen LogP contribution is 2.30. The maximum atomic E-state index is 6.45. The molecule has 6 heteroatoms. The number of para-hydroxylation sites is 2. The number of ether oxygens (including phenoxy) is 2. The van der Waals surface area contributed by atoms with E-state index < -0.39 is 0 Å². The van der Waals surface area contributed by atoms with Gasteiger partial charge in [-0.3, -0.25) is 4.99 Å². The summed E-state index contributed by atoms with van der Waals surface area (Å²) in [7, 11) is 0. The van der Waals surface area contributed by atoms with Gasteiger partial charge in [-0.25, -0.2) is 0 Å². The van der Waals surface area contributed by atoms with Gasteiger partial charge in [0.2, 0.25) is 0 Å². The molecule has 1 N–H and O–H groups in total. The minimum Gasteiger partial charge on any atom is -0.486 e. The fraction of sp³-hybridized carbons (Fsp3) is 0.240. The number of halogens is 2. The summed E-state index contributed by atoms with van der Waals surface area (Å²) in [5, 5.41) is 4.39. The molecule has 4 nitrogen and oxygen atoms in total. The largest absolute Gasteiger partial charge is 0.486 e. The average molecular weight is 455 g/mol. The van der Waals surface area contributed by atoms with E-state index in [-0.39, 0.29) is 6.10 Å². The Balaban J connectivity index is 1.48. The van der Waals surface area contributed by atoms with E-state index in [2.05, 4.69) is 22.4 Å². The van der Waals surface area contributed by atoms with Crippen LogP contribution in [0.2, 0.25) is 10.0 Å². The molecule has 0 saturated carbocycles. The third-order valence-corrected chi connectivity index (χ3v) is 5.73. The number of nitrogens with one attached hydrogen (secondary N) is 1. The third-order valence-electron chi connectivity index (χ3n) is 4.99. The maximum absolute atomic E-state index is 6.45. The predicted molar refractivity (Wildman–Crippen MR) is 127 cm³/mol. The van der Waals surface area contributed by atoms with Crippen LogP contribution in [-0.4, -0.2) is 25.0 Å². The normalized spacial score (nSPS) is 13.9. The number of hydrogen-bond acceptors (Lipinski definition) is 4. The molecule has 0 aromatic heterocycles. The Labute approximate surface area is 192 Å². The average Bonchev–Trinajstić information content (AvgIpc) is 3.29. The van der Waals surface area contributed by atoms with Gasteiger partial charge in [-0.15, -0.1) is 0 Å². The molecule has 0 saturated heterocycles. The summed E-state index contributed by atoms with van der Waals surface area (Å²) in [5.41, 5.74) is 2.16. The van der Waals surface area contributed by atoms with E-state index >= 15 is 0 Å². The van der Waals surface area contributed by atoms with E-state index in [0.717, 1.165) is 37.3 Å². The Kier molecular flexibility index (Phi) is 7.34. The van der Waals surface area contributed by atoms with Crippen molar-refractivity contribution in [2.24, 2.45) is 4.99 Å². The Morgan fingerprint density at radius 2 is 1.61 bits per heavy atom. The molecule has 3 aromatic rings. The van der Waals surface area contributed by atoms with Gasteiger partial charge >= 0.3 is 0 Å². The van der Waals surface area contributed by atoms with Crippen LogP contribution in [-0.2, 0) is 13.0 Å². The highest BCUT2D eigenvalue weighted by Gasteiger charge is 2.19. The standard InChI is InChI=1S/C25H24Cl2N2O2/c26-21-11-10-19(15-22(21)27)17-30-23-8-4-5-9-24(23)31-20(16-25-28-12-13-29-25)14-18-6-2-1-3-7-18/h1-11,15,20H,12-14,16-17H2,(H,28,29). The van der Waals surface area contributed by atoms with Gasteiger partial charge in [-0.2, -0.15) is 0 Å². The summed E-state index contributed by atoms with van der Waals surface area (Å²) in [4.78, 5) is 4.54. The lowest BCUT2D eigenvalue weighted by Gasteiger charge is -2.21. The van der Waals surface area contributed by atoms with Crippen molar-refractivity contribution in [3.8, 4) is 11.5 Å². The summed E-state index contributed by atoms with van der Waals surface area (Å²) in [6.45, 7) is 2.07. The summed E-state index contributed by atoms with van der Waals surface area (Å²) in [6, 6.07) is 23.6. The number of nitrogens with zero attached hydrogens (tertiary/aromatic N) is 1. The lowest BCUT2D eigenvalue weighted by Crippen LogP contribution is -2.29. The minimum atomic E-state index is -0.0681. The molecule has 0 radical (unpaired) electrons. The molecule has 31 heavy (non-hydrogen) atoms. The monoisotopic (exact) mass is 454 g/mol. The number of aliphatic imine (C=N–C) groups is 1. The number of rotatable bonds is 9. The predicted octanol–water partition coefficient (Wildman–Crippen LogP) is 5.95. The second kappa shape index (κ2) is 10.6. The van der Waals surface area contributed by atoms with Crippen molar-refractivity contribution in [1.82, 2.24) is 5.32 Å². The van der Waals surface area contributed by atoms with Gasteiger partial charge < -0.3 is 14.8 Å². The van der Waals surface area contributed by atoms with E-state index in [1.54, 1.807) is 6.07 Å². The van der Waals surface area contributed by atoms with Gasteiger partial charge in [-0.1, -0.05) is 71.7 Å². The molecule has 0 spiro atoms. The van der Waals surface area contributed by atoms with Gasteiger partial charge in [0.25, 0.3) is 0 Å². The molecule has 0 aliphatic carbocycles. The zero-order valence-corrected chi connectivity index (χ0v) is 18.6. The number of amidine groups is 1. The van der Waals surface area contributed by atoms with Crippen LogP contribution in [0.3, 0.4) is 0 Å².